The van der Waals surface area contributed by atoms with Crippen LogP contribution < -0.4 is 0 Å². The Kier molecular flexibility index (Phi) is 2.67. The quantitative estimate of drug-likeness (QED) is 0.924. The van der Waals surface area contributed by atoms with E-state index in [-0.39, 0.29) is 0 Å². The van der Waals surface area contributed by atoms with Gasteiger partial charge in [0.1, 0.15) is 0 Å². The number of carbonyl (C=O) groups is 1. The predicted molar refractivity (Wildman–Crippen MR) is 70.1 cm³/mol. The second-order valence-corrected chi connectivity index (χ2v) is 6.33. The summed E-state index contributed by atoms with van der Waals surface area (Å²) in [4.78, 5) is 13.7. The fourth-order valence-corrected chi connectivity index (χ4v) is 3.47. The SMILES string of the molecule is CC(C)(C(=O)O)n1nnnc1-c1cc2c(s1)CCC2. The summed E-state index contributed by atoms with van der Waals surface area (Å²) in [6.07, 6.45) is 3.40. The number of hydrogen-bond acceptors (Lipinski definition) is 5. The molecule has 0 radical (unpaired) electrons. The molecule has 0 fully saturated rings. The first kappa shape index (κ1) is 12.3. The molecule has 0 saturated carbocycles. The van der Waals surface area contributed by atoms with E-state index in [0.717, 1.165) is 17.7 Å². The lowest BCUT2D eigenvalue weighted by atomic mass is 10.1. The minimum atomic E-state index is -1.16. The Labute approximate surface area is 114 Å². The molecule has 0 atom stereocenters. The fourth-order valence-electron chi connectivity index (χ4n) is 2.25. The van der Waals surface area contributed by atoms with E-state index < -0.39 is 11.5 Å². The van der Waals surface area contributed by atoms with Crippen molar-refractivity contribution in [1.82, 2.24) is 20.2 Å². The molecule has 0 aromatic carbocycles. The summed E-state index contributed by atoms with van der Waals surface area (Å²) in [7, 11) is 0. The van der Waals surface area contributed by atoms with E-state index >= 15 is 0 Å². The number of nitrogens with zero attached hydrogens (tertiary/aromatic N) is 4. The number of aryl methyl sites for hydroxylation is 2. The van der Waals surface area contributed by atoms with Crippen LogP contribution >= 0.6 is 11.3 Å². The van der Waals surface area contributed by atoms with Gasteiger partial charge in [-0.25, -0.2) is 9.48 Å². The van der Waals surface area contributed by atoms with Gasteiger partial charge in [-0.1, -0.05) is 0 Å². The highest BCUT2D eigenvalue weighted by Crippen LogP contribution is 2.36. The van der Waals surface area contributed by atoms with Crippen molar-refractivity contribution in [1.29, 1.82) is 0 Å². The Bertz CT molecular complexity index is 622. The Morgan fingerprint density at radius 1 is 1.47 bits per heavy atom. The van der Waals surface area contributed by atoms with Gasteiger partial charge in [-0.15, -0.1) is 16.4 Å². The molecule has 1 aliphatic carbocycles. The number of aliphatic carboxylic acids is 1. The Balaban J connectivity index is 2.07. The number of aromatic nitrogens is 4. The van der Waals surface area contributed by atoms with Gasteiger partial charge in [0.15, 0.2) is 11.4 Å². The van der Waals surface area contributed by atoms with Crippen LogP contribution in [-0.4, -0.2) is 31.3 Å². The van der Waals surface area contributed by atoms with Crippen LogP contribution in [0, 0.1) is 0 Å². The minimum absolute atomic E-state index is 0.534. The van der Waals surface area contributed by atoms with Gasteiger partial charge in [-0.05, 0) is 55.2 Å². The second kappa shape index (κ2) is 4.12. The zero-order chi connectivity index (χ0) is 13.6. The van der Waals surface area contributed by atoms with E-state index in [0.29, 0.717) is 5.82 Å². The van der Waals surface area contributed by atoms with Crippen molar-refractivity contribution in [2.45, 2.75) is 38.6 Å². The van der Waals surface area contributed by atoms with Crippen molar-refractivity contribution in [3.05, 3.63) is 16.5 Å². The lowest BCUT2D eigenvalue weighted by molar-refractivity contribution is -0.146. The molecular formula is C12H14N4O2S. The van der Waals surface area contributed by atoms with Gasteiger partial charge in [0.2, 0.25) is 0 Å². The van der Waals surface area contributed by atoms with Crippen LogP contribution in [0.3, 0.4) is 0 Å². The third-order valence-electron chi connectivity index (χ3n) is 3.49. The number of fused-ring (bicyclic) bond motifs is 1. The summed E-state index contributed by atoms with van der Waals surface area (Å²) >= 11 is 1.67. The van der Waals surface area contributed by atoms with Crippen LogP contribution in [0.25, 0.3) is 10.7 Å². The molecule has 6 nitrogen and oxygen atoms in total. The van der Waals surface area contributed by atoms with E-state index in [2.05, 4.69) is 21.6 Å². The summed E-state index contributed by atoms with van der Waals surface area (Å²) in [5.74, 6) is -0.419. The van der Waals surface area contributed by atoms with Gasteiger partial charge in [-0.2, -0.15) is 0 Å². The summed E-state index contributed by atoms with van der Waals surface area (Å²) in [5, 5.41) is 20.8. The highest BCUT2D eigenvalue weighted by atomic mass is 32.1. The molecule has 7 heteroatoms. The molecule has 0 aliphatic heterocycles. The molecule has 0 spiro atoms. The number of hydrogen-bond donors (Lipinski definition) is 1. The summed E-state index contributed by atoms with van der Waals surface area (Å²) in [5.41, 5.74) is 0.190. The van der Waals surface area contributed by atoms with Crippen molar-refractivity contribution in [3.63, 3.8) is 0 Å². The summed E-state index contributed by atoms with van der Waals surface area (Å²) in [6, 6.07) is 2.09. The maximum atomic E-state index is 11.3. The molecule has 2 aromatic heterocycles. The molecular weight excluding hydrogens is 264 g/mol. The number of thiophene rings is 1. The molecule has 0 unspecified atom stereocenters. The van der Waals surface area contributed by atoms with Crippen LogP contribution in [0.2, 0.25) is 0 Å². The van der Waals surface area contributed by atoms with Crippen molar-refractivity contribution in [2.75, 3.05) is 0 Å². The topological polar surface area (TPSA) is 80.9 Å². The predicted octanol–water partition coefficient (Wildman–Crippen LogP) is 1.71. The third kappa shape index (κ3) is 1.85. The van der Waals surface area contributed by atoms with Gasteiger partial charge in [0, 0.05) is 4.88 Å². The number of carboxylic acids is 1. The van der Waals surface area contributed by atoms with E-state index in [1.54, 1.807) is 25.2 Å². The molecule has 100 valence electrons. The monoisotopic (exact) mass is 278 g/mol. The van der Waals surface area contributed by atoms with Crippen LogP contribution in [0.1, 0.15) is 30.7 Å². The molecule has 1 N–H and O–H groups in total. The smallest absolute Gasteiger partial charge is 0.331 e. The highest BCUT2D eigenvalue weighted by Gasteiger charge is 2.34. The van der Waals surface area contributed by atoms with Crippen LogP contribution in [0.5, 0.6) is 0 Å². The van der Waals surface area contributed by atoms with Crippen LogP contribution in [-0.2, 0) is 23.2 Å². The maximum Gasteiger partial charge on any atom is 0.331 e. The number of rotatable bonds is 3. The normalized spacial score (nSPS) is 14.6. The largest absolute Gasteiger partial charge is 0.479 e. The molecule has 2 heterocycles. The minimum Gasteiger partial charge on any atom is -0.479 e. The van der Waals surface area contributed by atoms with Crippen molar-refractivity contribution in [2.24, 2.45) is 0 Å². The lowest BCUT2D eigenvalue weighted by Gasteiger charge is -2.19. The van der Waals surface area contributed by atoms with Gasteiger partial charge < -0.3 is 5.11 Å². The standard InChI is InChI=1S/C12H14N4O2S/c1-12(2,11(17)18)16-10(13-14-15-16)9-6-7-4-3-5-8(7)19-9/h6H,3-5H2,1-2H3,(H,17,18). The zero-order valence-electron chi connectivity index (χ0n) is 10.8. The highest BCUT2D eigenvalue weighted by molar-refractivity contribution is 7.15. The first-order valence-corrected chi connectivity index (χ1v) is 6.96. The van der Waals surface area contributed by atoms with Gasteiger partial charge in [0.05, 0.1) is 4.88 Å². The van der Waals surface area contributed by atoms with E-state index in [9.17, 15) is 9.90 Å². The molecule has 3 rings (SSSR count). The maximum absolute atomic E-state index is 11.3. The van der Waals surface area contributed by atoms with Gasteiger partial charge >= 0.3 is 5.97 Å². The van der Waals surface area contributed by atoms with Crippen molar-refractivity contribution >= 4 is 17.3 Å². The van der Waals surface area contributed by atoms with Crippen LogP contribution in [0.15, 0.2) is 6.07 Å². The molecule has 0 amide bonds. The molecule has 19 heavy (non-hydrogen) atoms. The third-order valence-corrected chi connectivity index (χ3v) is 4.72. The van der Waals surface area contributed by atoms with E-state index in [4.69, 9.17) is 0 Å². The molecule has 0 saturated heterocycles. The first-order valence-electron chi connectivity index (χ1n) is 6.14. The van der Waals surface area contributed by atoms with Gasteiger partial charge in [-0.3, -0.25) is 0 Å². The zero-order valence-corrected chi connectivity index (χ0v) is 11.6. The van der Waals surface area contributed by atoms with Crippen molar-refractivity contribution < 1.29 is 9.90 Å². The summed E-state index contributed by atoms with van der Waals surface area (Å²) < 4.78 is 1.39. The fraction of sp³-hybridized carbons (Fsp3) is 0.500. The van der Waals surface area contributed by atoms with Crippen LogP contribution in [0.4, 0.5) is 0 Å². The molecule has 0 bridgehead atoms. The van der Waals surface area contributed by atoms with E-state index in [1.807, 2.05) is 0 Å². The molecule has 1 aliphatic rings. The Morgan fingerprint density at radius 3 is 2.95 bits per heavy atom. The summed E-state index contributed by atoms with van der Waals surface area (Å²) in [6.45, 7) is 3.19. The Morgan fingerprint density at radius 2 is 2.26 bits per heavy atom. The van der Waals surface area contributed by atoms with E-state index in [1.165, 1.54) is 21.5 Å². The lowest BCUT2D eigenvalue weighted by Crippen LogP contribution is -2.37. The first-order chi connectivity index (χ1) is 9.00. The second-order valence-electron chi connectivity index (χ2n) is 5.19. The molecule has 2 aromatic rings. The number of carboxylic acid groups (broad SMARTS) is 1. The van der Waals surface area contributed by atoms with Gasteiger partial charge in [0.25, 0.3) is 0 Å². The Hall–Kier alpha value is -1.76. The number of tetrazole rings is 1. The average Bonchev–Trinajstić information content (AvgIpc) is 3.02. The average molecular weight is 278 g/mol. The van der Waals surface area contributed by atoms with Crippen molar-refractivity contribution in [3.8, 4) is 10.7 Å².